The minimum Gasteiger partial charge on any atom is -0.308 e. The molecule has 1 N–H and O–H groups in total. The van der Waals surface area contributed by atoms with E-state index in [1.807, 2.05) is 6.92 Å². The Morgan fingerprint density at radius 2 is 1.71 bits per heavy atom. The fourth-order valence-electron chi connectivity index (χ4n) is 2.39. The van der Waals surface area contributed by atoms with E-state index in [1.54, 1.807) is 0 Å². The van der Waals surface area contributed by atoms with Crippen molar-refractivity contribution >= 4 is 0 Å². The summed E-state index contributed by atoms with van der Waals surface area (Å²) in [5.74, 6) is 0. The van der Waals surface area contributed by atoms with E-state index in [4.69, 9.17) is 0 Å². The Kier molecular flexibility index (Phi) is 11.6. The van der Waals surface area contributed by atoms with Crippen LogP contribution in [0.1, 0.15) is 52.9 Å². The molecule has 0 saturated heterocycles. The monoisotopic (exact) mass is 296 g/mol. The van der Waals surface area contributed by atoms with Crippen LogP contribution in [0, 0.1) is 11.3 Å². The fraction of sp³-hybridized carbons (Fsp3) is 0.941. The van der Waals surface area contributed by atoms with Crippen LogP contribution in [0.25, 0.3) is 0 Å². The smallest absolute Gasteiger partial charge is 0.103 e. The molecule has 0 spiro atoms. The molecule has 124 valence electrons. The van der Waals surface area contributed by atoms with E-state index in [0.29, 0.717) is 0 Å². The summed E-state index contributed by atoms with van der Waals surface area (Å²) in [6.07, 6.45) is 5.52. The average Bonchev–Trinajstić information content (AvgIpc) is 2.46. The lowest BCUT2D eigenvalue weighted by molar-refractivity contribution is 0.234. The predicted molar refractivity (Wildman–Crippen MR) is 91.4 cm³/mol. The van der Waals surface area contributed by atoms with Crippen molar-refractivity contribution < 1.29 is 0 Å². The lowest BCUT2D eigenvalue weighted by atomic mass is 9.96. The van der Waals surface area contributed by atoms with Gasteiger partial charge in [-0.2, -0.15) is 5.26 Å². The van der Waals surface area contributed by atoms with E-state index < -0.39 is 0 Å². The van der Waals surface area contributed by atoms with Gasteiger partial charge >= 0.3 is 0 Å². The van der Waals surface area contributed by atoms with Crippen LogP contribution in [0.4, 0.5) is 0 Å². The summed E-state index contributed by atoms with van der Waals surface area (Å²) < 4.78 is 0. The molecule has 0 fully saturated rings. The minimum absolute atomic E-state index is 0.352. The number of rotatable bonds is 13. The summed E-state index contributed by atoms with van der Waals surface area (Å²) in [7, 11) is 4.25. The maximum absolute atomic E-state index is 9.32. The summed E-state index contributed by atoms with van der Waals surface area (Å²) in [5.41, 5.74) is -0.352. The maximum Gasteiger partial charge on any atom is 0.103 e. The summed E-state index contributed by atoms with van der Waals surface area (Å²) in [5, 5.41) is 12.7. The molecule has 0 aliphatic heterocycles. The first-order chi connectivity index (χ1) is 9.97. The first kappa shape index (κ1) is 20.4. The third-order valence-corrected chi connectivity index (χ3v) is 3.82. The van der Waals surface area contributed by atoms with Crippen LogP contribution < -0.4 is 5.32 Å². The molecule has 0 radical (unpaired) electrons. The van der Waals surface area contributed by atoms with Gasteiger partial charge in [-0.15, -0.1) is 0 Å². The van der Waals surface area contributed by atoms with Crippen LogP contribution in [0.3, 0.4) is 0 Å². The quantitative estimate of drug-likeness (QED) is 0.531. The van der Waals surface area contributed by atoms with Gasteiger partial charge < -0.3 is 9.80 Å². The highest BCUT2D eigenvalue weighted by atomic mass is 15.2. The van der Waals surface area contributed by atoms with E-state index in [2.05, 4.69) is 49.1 Å². The SMILES string of the molecule is CCCNC(C)(C#N)CCCCN(CCC)CCN(C)C. The molecular weight excluding hydrogens is 260 g/mol. The Morgan fingerprint density at radius 3 is 2.24 bits per heavy atom. The number of nitriles is 1. The minimum atomic E-state index is -0.352. The molecule has 4 heteroatoms. The van der Waals surface area contributed by atoms with Gasteiger partial charge in [0.1, 0.15) is 5.54 Å². The van der Waals surface area contributed by atoms with Gasteiger partial charge in [0.15, 0.2) is 0 Å². The average molecular weight is 297 g/mol. The lowest BCUT2D eigenvalue weighted by Gasteiger charge is -2.25. The van der Waals surface area contributed by atoms with E-state index in [-0.39, 0.29) is 5.54 Å². The number of nitrogens with zero attached hydrogens (tertiary/aromatic N) is 3. The van der Waals surface area contributed by atoms with Crippen molar-refractivity contribution in [1.29, 1.82) is 5.26 Å². The van der Waals surface area contributed by atoms with Crippen molar-refractivity contribution in [3.8, 4) is 6.07 Å². The highest BCUT2D eigenvalue weighted by Gasteiger charge is 2.21. The Balaban J connectivity index is 3.99. The van der Waals surface area contributed by atoms with Crippen molar-refractivity contribution in [1.82, 2.24) is 15.1 Å². The van der Waals surface area contributed by atoms with Crippen LogP contribution in [0.2, 0.25) is 0 Å². The van der Waals surface area contributed by atoms with Gasteiger partial charge in [0.2, 0.25) is 0 Å². The molecule has 0 heterocycles. The molecule has 0 aliphatic carbocycles. The Morgan fingerprint density at radius 1 is 1.00 bits per heavy atom. The molecule has 0 aromatic carbocycles. The van der Waals surface area contributed by atoms with E-state index >= 15 is 0 Å². The normalized spacial score (nSPS) is 14.4. The molecule has 21 heavy (non-hydrogen) atoms. The van der Waals surface area contributed by atoms with Gasteiger partial charge in [0.25, 0.3) is 0 Å². The molecule has 0 saturated carbocycles. The first-order valence-corrected chi connectivity index (χ1v) is 8.50. The largest absolute Gasteiger partial charge is 0.308 e. The fourth-order valence-corrected chi connectivity index (χ4v) is 2.39. The second kappa shape index (κ2) is 12.0. The van der Waals surface area contributed by atoms with Gasteiger partial charge in [-0.05, 0) is 72.8 Å². The second-order valence-electron chi connectivity index (χ2n) is 6.47. The molecule has 0 aliphatic rings. The molecule has 0 bridgehead atoms. The van der Waals surface area contributed by atoms with Gasteiger partial charge in [-0.3, -0.25) is 5.32 Å². The highest BCUT2D eigenvalue weighted by Crippen LogP contribution is 2.13. The van der Waals surface area contributed by atoms with Gasteiger partial charge in [0, 0.05) is 13.1 Å². The van der Waals surface area contributed by atoms with Crippen molar-refractivity contribution in [2.75, 3.05) is 46.8 Å². The Labute approximate surface area is 132 Å². The zero-order chi connectivity index (χ0) is 16.1. The number of unbranched alkanes of at least 4 members (excludes halogenated alkanes) is 1. The van der Waals surface area contributed by atoms with Crippen LogP contribution in [0.15, 0.2) is 0 Å². The molecule has 1 atom stereocenters. The topological polar surface area (TPSA) is 42.3 Å². The van der Waals surface area contributed by atoms with Crippen LogP contribution in [-0.2, 0) is 0 Å². The predicted octanol–water partition coefficient (Wildman–Crippen LogP) is 2.71. The van der Waals surface area contributed by atoms with Gasteiger partial charge in [-0.1, -0.05) is 13.8 Å². The summed E-state index contributed by atoms with van der Waals surface area (Å²) in [6, 6.07) is 2.44. The van der Waals surface area contributed by atoms with Crippen molar-refractivity contribution in [2.24, 2.45) is 0 Å². The maximum atomic E-state index is 9.32. The van der Waals surface area contributed by atoms with E-state index in [9.17, 15) is 5.26 Å². The molecular formula is C17H36N4. The Bertz CT molecular complexity index is 285. The highest BCUT2D eigenvalue weighted by molar-refractivity contribution is 5.03. The lowest BCUT2D eigenvalue weighted by Crippen LogP contribution is -2.41. The number of likely N-dealkylation sites (N-methyl/N-ethyl adjacent to an activating group) is 1. The third-order valence-electron chi connectivity index (χ3n) is 3.82. The number of hydrogen-bond acceptors (Lipinski definition) is 4. The van der Waals surface area contributed by atoms with Gasteiger partial charge in [-0.25, -0.2) is 0 Å². The summed E-state index contributed by atoms with van der Waals surface area (Å²) in [6.45, 7) is 11.9. The zero-order valence-electron chi connectivity index (χ0n) is 14.9. The number of hydrogen-bond donors (Lipinski definition) is 1. The van der Waals surface area contributed by atoms with Crippen molar-refractivity contribution in [3.05, 3.63) is 0 Å². The molecule has 0 aromatic heterocycles. The van der Waals surface area contributed by atoms with Gasteiger partial charge in [0.05, 0.1) is 6.07 Å². The van der Waals surface area contributed by atoms with Crippen LogP contribution in [-0.4, -0.2) is 62.2 Å². The summed E-state index contributed by atoms with van der Waals surface area (Å²) >= 11 is 0. The molecule has 0 aromatic rings. The first-order valence-electron chi connectivity index (χ1n) is 8.50. The van der Waals surface area contributed by atoms with E-state index in [1.165, 1.54) is 19.4 Å². The third kappa shape index (κ3) is 10.7. The second-order valence-corrected chi connectivity index (χ2v) is 6.47. The van der Waals surface area contributed by atoms with Crippen LogP contribution in [0.5, 0.6) is 0 Å². The molecule has 0 rings (SSSR count). The molecule has 4 nitrogen and oxygen atoms in total. The standard InChI is InChI=1S/C17H36N4/c1-6-11-19-17(3,16-18)10-8-9-13-21(12-7-2)15-14-20(4)5/h19H,6-15H2,1-5H3. The number of nitrogens with one attached hydrogen (secondary N) is 1. The molecule has 0 amide bonds. The zero-order valence-corrected chi connectivity index (χ0v) is 14.9. The molecule has 1 unspecified atom stereocenters. The van der Waals surface area contributed by atoms with Crippen LogP contribution >= 0.6 is 0 Å². The van der Waals surface area contributed by atoms with Crippen molar-refractivity contribution in [3.63, 3.8) is 0 Å². The Hall–Kier alpha value is -0.630. The summed E-state index contributed by atoms with van der Waals surface area (Å²) in [4.78, 5) is 4.78. The van der Waals surface area contributed by atoms with E-state index in [0.717, 1.165) is 45.4 Å². The van der Waals surface area contributed by atoms with Crippen molar-refractivity contribution in [2.45, 2.75) is 58.4 Å².